The van der Waals surface area contributed by atoms with Gasteiger partial charge in [0, 0.05) is 6.42 Å². The van der Waals surface area contributed by atoms with Crippen molar-refractivity contribution in [3.8, 4) is 0 Å². The van der Waals surface area contributed by atoms with Gasteiger partial charge in [-0.1, -0.05) is 58.3 Å². The number of carboxylic acids is 1. The van der Waals surface area contributed by atoms with Crippen LogP contribution in [0.1, 0.15) is 97.8 Å². The first-order chi connectivity index (χ1) is 10.2. The Morgan fingerprint density at radius 1 is 0.714 bits per heavy atom. The summed E-state index contributed by atoms with van der Waals surface area (Å²) >= 11 is 0.181. The van der Waals surface area contributed by atoms with Crippen LogP contribution < -0.4 is 0 Å². The monoisotopic (exact) mass is 406 g/mol. The summed E-state index contributed by atoms with van der Waals surface area (Å²) < 4.78 is 3.19. The number of hydrogen-bond acceptors (Lipinski definition) is 1. The van der Waals surface area contributed by atoms with Gasteiger partial charge >= 0.3 is 62.7 Å². The molecule has 0 amide bonds. The first-order valence-electron chi connectivity index (χ1n) is 9.11. The molecule has 0 rings (SSSR count). The minimum absolute atomic E-state index is 0.181. The van der Waals surface area contributed by atoms with Gasteiger partial charge in [0.2, 0.25) is 0 Å². The fourth-order valence-electron chi connectivity index (χ4n) is 2.07. The van der Waals surface area contributed by atoms with Gasteiger partial charge in [-0.3, -0.25) is 4.79 Å². The molecule has 0 saturated carbocycles. The van der Waals surface area contributed by atoms with E-state index >= 15 is 0 Å². The van der Waals surface area contributed by atoms with Crippen LogP contribution in [0.15, 0.2) is 0 Å². The normalized spacial score (nSPS) is 10.0. The molecule has 1 N–H and O–H groups in total. The average Bonchev–Trinajstić information content (AvgIpc) is 2.46. The predicted molar refractivity (Wildman–Crippen MR) is 95.4 cm³/mol. The summed E-state index contributed by atoms with van der Waals surface area (Å²) in [5.41, 5.74) is 0. The molecule has 0 aliphatic heterocycles. The van der Waals surface area contributed by atoms with E-state index in [1.54, 1.807) is 8.87 Å². The zero-order chi connectivity index (χ0) is 16.2. The fourth-order valence-corrected chi connectivity index (χ4v) is 4.80. The summed E-state index contributed by atoms with van der Waals surface area (Å²) in [5, 5.41) is 8.41. The van der Waals surface area contributed by atoms with E-state index in [4.69, 9.17) is 5.11 Å². The van der Waals surface area contributed by atoms with Crippen LogP contribution in [0.4, 0.5) is 0 Å². The summed E-state index contributed by atoms with van der Waals surface area (Å²) in [4.78, 5) is 10.2. The second-order valence-electron chi connectivity index (χ2n) is 5.72. The van der Waals surface area contributed by atoms with E-state index < -0.39 is 5.97 Å². The Kier molecular flexibility index (Phi) is 25.3. The van der Waals surface area contributed by atoms with E-state index in [2.05, 4.69) is 20.8 Å². The molecule has 0 aromatic carbocycles. The molecule has 0 saturated heterocycles. The Hall–Kier alpha value is 0.269. The van der Waals surface area contributed by atoms with Crippen molar-refractivity contribution in [3.63, 3.8) is 0 Å². The maximum atomic E-state index is 10.2. The molecule has 0 fully saturated rings. The standard InChI is InChI=1S/C12H24O2.2C3H7.Sn/c1-2-3-4-5-6-7-8-9-10-11-12(13)14;2*1-3-2;/h2-11H2,1H3,(H,13,14);2*1,3H2,2H3;. The number of aliphatic carboxylic acids is 1. The summed E-state index contributed by atoms with van der Waals surface area (Å²) in [7, 11) is 0. The molecule has 0 unspecified atom stereocenters. The van der Waals surface area contributed by atoms with Gasteiger partial charge in [0.25, 0.3) is 0 Å². The van der Waals surface area contributed by atoms with Crippen LogP contribution in [0.5, 0.6) is 0 Å². The van der Waals surface area contributed by atoms with Crippen molar-refractivity contribution in [1.82, 2.24) is 0 Å². The van der Waals surface area contributed by atoms with Crippen LogP contribution in [0.3, 0.4) is 0 Å². The number of carboxylic acid groups (broad SMARTS) is 1. The van der Waals surface area contributed by atoms with Gasteiger partial charge in [0.15, 0.2) is 0 Å². The molecule has 126 valence electrons. The number of rotatable bonds is 14. The molecule has 0 aromatic rings. The molecule has 21 heavy (non-hydrogen) atoms. The van der Waals surface area contributed by atoms with E-state index in [0.717, 1.165) is 12.8 Å². The van der Waals surface area contributed by atoms with Gasteiger partial charge in [-0.05, 0) is 6.42 Å². The molecule has 2 nitrogen and oxygen atoms in total. The van der Waals surface area contributed by atoms with Crippen molar-refractivity contribution in [3.05, 3.63) is 0 Å². The Balaban J connectivity index is 0. The number of hydrogen-bond donors (Lipinski definition) is 1. The second-order valence-corrected chi connectivity index (χ2v) is 10.0. The number of carbonyl (C=O) groups is 1. The Bertz CT molecular complexity index is 192. The van der Waals surface area contributed by atoms with Gasteiger partial charge < -0.3 is 5.11 Å². The molecule has 2 radical (unpaired) electrons. The van der Waals surface area contributed by atoms with E-state index in [1.165, 1.54) is 57.8 Å². The summed E-state index contributed by atoms with van der Waals surface area (Å²) in [6.07, 6.45) is 14.4. The van der Waals surface area contributed by atoms with E-state index in [0.29, 0.717) is 6.42 Å². The van der Waals surface area contributed by atoms with Gasteiger partial charge in [-0.15, -0.1) is 0 Å². The topological polar surface area (TPSA) is 37.3 Å². The van der Waals surface area contributed by atoms with Gasteiger partial charge in [-0.2, -0.15) is 0 Å². The van der Waals surface area contributed by atoms with Crippen molar-refractivity contribution in [2.75, 3.05) is 0 Å². The van der Waals surface area contributed by atoms with Gasteiger partial charge in [0.05, 0.1) is 0 Å². The molecule has 3 heteroatoms. The molecule has 0 aliphatic rings. The van der Waals surface area contributed by atoms with Crippen LogP contribution in [0, 0.1) is 0 Å². The van der Waals surface area contributed by atoms with Crippen molar-refractivity contribution >= 4 is 27.1 Å². The first kappa shape index (κ1) is 23.5. The van der Waals surface area contributed by atoms with E-state index in [9.17, 15) is 4.79 Å². The van der Waals surface area contributed by atoms with E-state index in [-0.39, 0.29) is 21.1 Å². The van der Waals surface area contributed by atoms with Gasteiger partial charge in [-0.25, -0.2) is 0 Å². The zero-order valence-corrected chi connectivity index (χ0v) is 17.6. The van der Waals surface area contributed by atoms with Crippen LogP contribution in [-0.4, -0.2) is 32.2 Å². The first-order valence-corrected chi connectivity index (χ1v) is 13.1. The zero-order valence-electron chi connectivity index (χ0n) is 14.8. The van der Waals surface area contributed by atoms with Crippen LogP contribution >= 0.6 is 0 Å². The maximum absolute atomic E-state index is 10.2. The average molecular weight is 405 g/mol. The second kappa shape index (κ2) is 22.5. The third-order valence-corrected chi connectivity index (χ3v) is 8.22. The molecular formula is C18H38O2Sn. The molecular weight excluding hydrogens is 367 g/mol. The molecule has 0 spiro atoms. The fraction of sp³-hybridized carbons (Fsp3) is 0.944. The van der Waals surface area contributed by atoms with Crippen molar-refractivity contribution in [2.45, 2.75) is 107 Å². The predicted octanol–water partition coefficient (Wildman–Crippen LogP) is 6.34. The van der Waals surface area contributed by atoms with Crippen molar-refractivity contribution in [1.29, 1.82) is 0 Å². The van der Waals surface area contributed by atoms with E-state index in [1.807, 2.05) is 0 Å². The SMILES string of the molecule is CCCCCCCCCCCC(=O)O.CC[CH2][Sn][CH2]CC. The third kappa shape index (κ3) is 29.0. The van der Waals surface area contributed by atoms with Crippen LogP contribution in [-0.2, 0) is 4.79 Å². The minimum atomic E-state index is -0.659. The molecule has 0 bridgehead atoms. The quantitative estimate of drug-likeness (QED) is 0.271. The molecule has 0 aromatic heterocycles. The van der Waals surface area contributed by atoms with Crippen LogP contribution in [0.25, 0.3) is 0 Å². The Morgan fingerprint density at radius 3 is 1.52 bits per heavy atom. The Morgan fingerprint density at radius 2 is 1.14 bits per heavy atom. The summed E-state index contributed by atoms with van der Waals surface area (Å²) in [6, 6.07) is 0. The summed E-state index contributed by atoms with van der Waals surface area (Å²) in [6.45, 7) is 6.80. The van der Waals surface area contributed by atoms with Crippen LogP contribution in [0.2, 0.25) is 8.87 Å². The summed E-state index contributed by atoms with van der Waals surface area (Å²) in [5.74, 6) is -0.659. The number of unbranched alkanes of at least 4 members (excludes halogenated alkanes) is 8. The van der Waals surface area contributed by atoms with Crippen molar-refractivity contribution in [2.24, 2.45) is 0 Å². The van der Waals surface area contributed by atoms with Gasteiger partial charge in [0.1, 0.15) is 0 Å². The molecule has 0 aliphatic carbocycles. The molecule has 0 atom stereocenters. The Labute approximate surface area is 143 Å². The van der Waals surface area contributed by atoms with Crippen molar-refractivity contribution < 1.29 is 9.90 Å². The third-order valence-electron chi connectivity index (χ3n) is 3.35. The molecule has 0 heterocycles.